The van der Waals surface area contributed by atoms with E-state index in [0.717, 1.165) is 11.1 Å². The fraction of sp³-hybridized carbons (Fsp3) is 0.172. The first-order valence-corrected chi connectivity index (χ1v) is 11.9. The van der Waals surface area contributed by atoms with E-state index >= 15 is 0 Å². The number of para-hydroxylation sites is 1. The molecular formula is C29H24ClNO6. The summed E-state index contributed by atoms with van der Waals surface area (Å²) in [7, 11) is 2.98. The average molecular weight is 518 g/mol. The largest absolute Gasteiger partial charge is 0.503 e. The number of furan rings is 1. The third-order valence-corrected chi connectivity index (χ3v) is 6.72. The zero-order valence-electron chi connectivity index (χ0n) is 20.7. The highest BCUT2D eigenvalue weighted by Crippen LogP contribution is 2.46. The van der Waals surface area contributed by atoms with Gasteiger partial charge in [-0.1, -0.05) is 41.9 Å². The Balaban J connectivity index is 1.72. The van der Waals surface area contributed by atoms with Crippen LogP contribution in [0.3, 0.4) is 0 Å². The predicted molar refractivity (Wildman–Crippen MR) is 141 cm³/mol. The van der Waals surface area contributed by atoms with E-state index < -0.39 is 23.5 Å². The lowest BCUT2D eigenvalue weighted by molar-refractivity contribution is -0.117. The second-order valence-electron chi connectivity index (χ2n) is 8.84. The van der Waals surface area contributed by atoms with Gasteiger partial charge in [-0.3, -0.25) is 14.5 Å². The lowest BCUT2D eigenvalue weighted by atomic mass is 9.93. The maximum Gasteiger partial charge on any atom is 0.294 e. The van der Waals surface area contributed by atoms with Crippen molar-refractivity contribution >= 4 is 39.9 Å². The van der Waals surface area contributed by atoms with E-state index in [1.165, 1.54) is 25.2 Å². The minimum atomic E-state index is -0.963. The molecule has 0 spiro atoms. The maximum absolute atomic E-state index is 14.0. The molecule has 0 saturated carbocycles. The van der Waals surface area contributed by atoms with E-state index in [0.29, 0.717) is 38.7 Å². The van der Waals surface area contributed by atoms with Crippen LogP contribution in [0.5, 0.6) is 11.5 Å². The molecule has 0 aliphatic carbocycles. The number of rotatable bonds is 6. The SMILES string of the molecule is COc1ccccc1C1C(C(=O)c2cc3cc(Cl)cc(OC)c3o2)=C(O)C(=O)N1c1cc(C)ccc1C. The molecule has 0 bridgehead atoms. The molecule has 1 aliphatic heterocycles. The molecule has 1 aliphatic rings. The summed E-state index contributed by atoms with van der Waals surface area (Å²) in [4.78, 5) is 29.0. The number of ketones is 1. The van der Waals surface area contributed by atoms with Crippen LogP contribution >= 0.6 is 11.6 Å². The van der Waals surface area contributed by atoms with E-state index in [2.05, 4.69) is 0 Å². The van der Waals surface area contributed by atoms with E-state index in [4.69, 9.17) is 25.5 Å². The summed E-state index contributed by atoms with van der Waals surface area (Å²) >= 11 is 6.19. The van der Waals surface area contributed by atoms with Crippen LogP contribution in [0, 0.1) is 13.8 Å². The van der Waals surface area contributed by atoms with Crippen molar-refractivity contribution in [1.82, 2.24) is 0 Å². The molecule has 4 aromatic rings. The van der Waals surface area contributed by atoms with Gasteiger partial charge in [-0.25, -0.2) is 0 Å². The van der Waals surface area contributed by atoms with Crippen molar-refractivity contribution in [2.24, 2.45) is 0 Å². The van der Waals surface area contributed by atoms with Crippen LogP contribution in [0.15, 0.2) is 76.4 Å². The van der Waals surface area contributed by atoms with Crippen LogP contribution in [-0.2, 0) is 4.79 Å². The van der Waals surface area contributed by atoms with Gasteiger partial charge in [0.1, 0.15) is 5.75 Å². The number of Topliss-reactive ketones (excluding diaryl/α,β-unsaturated/α-hetero) is 1. The minimum absolute atomic E-state index is 0.0624. The molecule has 7 nitrogen and oxygen atoms in total. The number of hydrogen-bond donors (Lipinski definition) is 1. The fourth-order valence-corrected chi connectivity index (χ4v) is 4.95. The monoisotopic (exact) mass is 517 g/mol. The first-order chi connectivity index (χ1) is 17.7. The molecule has 1 atom stereocenters. The van der Waals surface area contributed by atoms with Gasteiger partial charge in [-0.2, -0.15) is 0 Å². The van der Waals surface area contributed by atoms with Gasteiger partial charge in [-0.05, 0) is 49.2 Å². The number of aliphatic hydroxyl groups excluding tert-OH is 1. The Kier molecular flexibility index (Phi) is 6.17. The summed E-state index contributed by atoms with van der Waals surface area (Å²) in [6, 6.07) is 16.6. The van der Waals surface area contributed by atoms with Crippen molar-refractivity contribution in [3.8, 4) is 11.5 Å². The molecule has 8 heteroatoms. The third-order valence-electron chi connectivity index (χ3n) is 6.50. The summed E-state index contributed by atoms with van der Waals surface area (Å²) in [5.74, 6) is -1.21. The highest BCUT2D eigenvalue weighted by molar-refractivity contribution is 6.31. The van der Waals surface area contributed by atoms with Gasteiger partial charge in [0.2, 0.25) is 5.78 Å². The Morgan fingerprint density at radius 3 is 2.46 bits per heavy atom. The summed E-state index contributed by atoms with van der Waals surface area (Å²) in [5, 5.41) is 12.1. The normalized spacial score (nSPS) is 15.5. The van der Waals surface area contributed by atoms with Gasteiger partial charge in [0, 0.05) is 27.7 Å². The summed E-state index contributed by atoms with van der Waals surface area (Å²) in [6.45, 7) is 3.78. The summed E-state index contributed by atoms with van der Waals surface area (Å²) in [5.41, 5.74) is 3.08. The number of benzene rings is 3. The van der Waals surface area contributed by atoms with Crippen molar-refractivity contribution in [3.05, 3.63) is 99.5 Å². The number of amides is 1. The van der Waals surface area contributed by atoms with E-state index in [-0.39, 0.29) is 11.3 Å². The zero-order valence-corrected chi connectivity index (χ0v) is 21.4. The van der Waals surface area contributed by atoms with Crippen molar-refractivity contribution < 1.29 is 28.6 Å². The fourth-order valence-electron chi connectivity index (χ4n) is 4.73. The quantitative estimate of drug-likeness (QED) is 0.293. The number of methoxy groups -OCH3 is 2. The van der Waals surface area contributed by atoms with Crippen LogP contribution in [0.4, 0.5) is 5.69 Å². The number of fused-ring (bicyclic) bond motifs is 1. The van der Waals surface area contributed by atoms with Crippen LogP contribution in [0.25, 0.3) is 11.0 Å². The van der Waals surface area contributed by atoms with Crippen molar-refractivity contribution in [1.29, 1.82) is 0 Å². The smallest absolute Gasteiger partial charge is 0.294 e. The average Bonchev–Trinajstić information content (AvgIpc) is 3.43. The maximum atomic E-state index is 14.0. The second-order valence-corrected chi connectivity index (χ2v) is 9.27. The highest BCUT2D eigenvalue weighted by atomic mass is 35.5. The molecule has 37 heavy (non-hydrogen) atoms. The number of halogens is 1. The molecule has 1 aromatic heterocycles. The number of aliphatic hydroxyl groups is 1. The van der Waals surface area contributed by atoms with E-state index in [1.54, 1.807) is 36.4 Å². The summed E-state index contributed by atoms with van der Waals surface area (Å²) < 4.78 is 16.8. The van der Waals surface area contributed by atoms with Crippen LogP contribution in [0.2, 0.25) is 5.02 Å². The van der Waals surface area contributed by atoms with Gasteiger partial charge in [0.15, 0.2) is 22.9 Å². The highest BCUT2D eigenvalue weighted by Gasteiger charge is 2.46. The van der Waals surface area contributed by atoms with Gasteiger partial charge < -0.3 is 19.0 Å². The molecule has 0 saturated heterocycles. The Morgan fingerprint density at radius 1 is 1.00 bits per heavy atom. The van der Waals surface area contributed by atoms with E-state index in [9.17, 15) is 14.7 Å². The topological polar surface area (TPSA) is 89.2 Å². The molecule has 0 radical (unpaired) electrons. The standard InChI is InChI=1S/C29H24ClNO6/c1-15-9-10-16(2)20(11-15)31-25(19-7-5-6-8-21(19)35-3)24(27(33)29(31)34)26(32)22-13-17-12-18(30)14-23(36-4)28(17)37-22/h5-14,25,33H,1-4H3. The Bertz CT molecular complexity index is 1600. The predicted octanol–water partition coefficient (Wildman–Crippen LogP) is 6.50. The lowest BCUT2D eigenvalue weighted by Crippen LogP contribution is -2.32. The molecule has 188 valence electrons. The Morgan fingerprint density at radius 2 is 1.73 bits per heavy atom. The number of anilines is 1. The number of carbonyl (C=O) groups excluding carboxylic acids is 2. The lowest BCUT2D eigenvalue weighted by Gasteiger charge is -2.29. The molecule has 1 N–H and O–H groups in total. The first kappa shape index (κ1) is 24.5. The van der Waals surface area contributed by atoms with Crippen LogP contribution in [-0.4, -0.2) is 31.0 Å². The van der Waals surface area contributed by atoms with Crippen LogP contribution < -0.4 is 14.4 Å². The molecule has 0 fully saturated rings. The number of ether oxygens (including phenoxy) is 2. The van der Waals surface area contributed by atoms with Gasteiger partial charge in [0.05, 0.1) is 25.8 Å². The molecule has 2 heterocycles. The Hall–Kier alpha value is -4.23. The van der Waals surface area contributed by atoms with Gasteiger partial charge in [-0.15, -0.1) is 0 Å². The summed E-state index contributed by atoms with van der Waals surface area (Å²) in [6.07, 6.45) is 0. The molecule has 1 amide bonds. The second kappa shape index (κ2) is 9.33. The van der Waals surface area contributed by atoms with Crippen molar-refractivity contribution in [3.63, 3.8) is 0 Å². The van der Waals surface area contributed by atoms with Crippen molar-refractivity contribution in [2.45, 2.75) is 19.9 Å². The minimum Gasteiger partial charge on any atom is -0.503 e. The first-order valence-electron chi connectivity index (χ1n) is 11.5. The molecule has 3 aromatic carbocycles. The number of carbonyl (C=O) groups is 2. The van der Waals surface area contributed by atoms with Crippen molar-refractivity contribution in [2.75, 3.05) is 19.1 Å². The number of aryl methyl sites for hydroxylation is 2. The van der Waals surface area contributed by atoms with E-state index in [1.807, 2.05) is 32.0 Å². The van der Waals surface area contributed by atoms with Gasteiger partial charge >= 0.3 is 0 Å². The zero-order chi connectivity index (χ0) is 26.4. The molecular weight excluding hydrogens is 494 g/mol. The number of hydrogen-bond acceptors (Lipinski definition) is 6. The van der Waals surface area contributed by atoms with Crippen LogP contribution in [0.1, 0.15) is 33.3 Å². The van der Waals surface area contributed by atoms with Gasteiger partial charge in [0.25, 0.3) is 5.91 Å². The molecule has 5 rings (SSSR count). The number of nitrogens with zero attached hydrogens (tertiary/aromatic N) is 1. The Labute approximate surface area is 218 Å². The molecule has 1 unspecified atom stereocenters. The third kappa shape index (κ3) is 4.01.